The Morgan fingerprint density at radius 1 is 1.05 bits per heavy atom. The van der Waals surface area contributed by atoms with E-state index in [4.69, 9.17) is 4.98 Å². The predicted octanol–water partition coefficient (Wildman–Crippen LogP) is 8.62. The molecular formula is C35H47N3O2S. The van der Waals surface area contributed by atoms with Gasteiger partial charge in [-0.1, -0.05) is 69.5 Å². The van der Waals surface area contributed by atoms with Crippen molar-refractivity contribution in [3.05, 3.63) is 70.0 Å². The van der Waals surface area contributed by atoms with Crippen LogP contribution in [0.1, 0.15) is 93.7 Å². The highest BCUT2D eigenvalue weighted by molar-refractivity contribution is 7.09. The molecule has 2 heterocycles. The molecule has 1 aromatic heterocycles. The Labute approximate surface area is 250 Å². The smallest absolute Gasteiger partial charge is 0.309 e. The molecule has 1 saturated heterocycles. The summed E-state index contributed by atoms with van der Waals surface area (Å²) in [7, 11) is 0. The van der Waals surface area contributed by atoms with Crippen molar-refractivity contribution in [2.24, 2.45) is 11.3 Å². The number of likely N-dealkylation sites (tertiary alicyclic amines) is 1. The van der Waals surface area contributed by atoms with Crippen molar-refractivity contribution in [1.29, 1.82) is 0 Å². The SMILES string of the molecule is CC(C)CCC1(C(=O)O)CCN(Cc2nc(-c3ccc(NCCc4ccc(C5CCCCC5)cc4)cc3)cs2)CC1. The van der Waals surface area contributed by atoms with Gasteiger partial charge in [0.1, 0.15) is 5.01 Å². The molecule has 6 heteroatoms. The Balaban J connectivity index is 1.07. The first kappa shape index (κ1) is 29.8. The third-order valence-electron chi connectivity index (χ3n) is 9.36. The molecule has 2 aliphatic rings. The van der Waals surface area contributed by atoms with E-state index in [9.17, 15) is 9.90 Å². The number of carbonyl (C=O) groups is 1. The number of hydrogen-bond donors (Lipinski definition) is 2. The van der Waals surface area contributed by atoms with Crippen LogP contribution in [0.3, 0.4) is 0 Å². The van der Waals surface area contributed by atoms with Crippen molar-refractivity contribution in [2.75, 3.05) is 25.0 Å². The topological polar surface area (TPSA) is 65.5 Å². The number of benzene rings is 2. The molecule has 2 N–H and O–H groups in total. The van der Waals surface area contributed by atoms with Gasteiger partial charge >= 0.3 is 5.97 Å². The van der Waals surface area contributed by atoms with Crippen molar-refractivity contribution in [3.63, 3.8) is 0 Å². The fourth-order valence-corrected chi connectivity index (χ4v) is 7.33. The number of anilines is 1. The summed E-state index contributed by atoms with van der Waals surface area (Å²) in [5.74, 6) is 0.693. The Hall–Kier alpha value is -2.70. The largest absolute Gasteiger partial charge is 0.481 e. The molecule has 41 heavy (non-hydrogen) atoms. The van der Waals surface area contributed by atoms with Gasteiger partial charge in [-0.3, -0.25) is 9.69 Å². The second-order valence-corrected chi connectivity index (χ2v) is 13.7. The first-order valence-electron chi connectivity index (χ1n) is 15.7. The molecule has 1 aliphatic carbocycles. The van der Waals surface area contributed by atoms with Gasteiger partial charge in [0.15, 0.2) is 0 Å². The average Bonchev–Trinajstić information content (AvgIpc) is 3.46. The number of carboxylic acids is 1. The normalized spacial score (nSPS) is 18.0. The fourth-order valence-electron chi connectivity index (χ4n) is 6.48. The zero-order valence-electron chi connectivity index (χ0n) is 24.9. The number of carboxylic acid groups (broad SMARTS) is 1. The average molecular weight is 574 g/mol. The monoisotopic (exact) mass is 573 g/mol. The van der Waals surface area contributed by atoms with Gasteiger partial charge in [0, 0.05) is 23.2 Å². The molecular weight excluding hydrogens is 526 g/mol. The Morgan fingerprint density at radius 3 is 2.41 bits per heavy atom. The number of nitrogens with zero attached hydrogens (tertiary/aromatic N) is 2. The number of aliphatic carboxylic acids is 1. The van der Waals surface area contributed by atoms with Gasteiger partial charge in [-0.15, -0.1) is 11.3 Å². The first-order chi connectivity index (χ1) is 19.9. The molecule has 0 amide bonds. The minimum atomic E-state index is -0.615. The Morgan fingerprint density at radius 2 is 1.76 bits per heavy atom. The van der Waals surface area contributed by atoms with Crippen LogP contribution in [-0.4, -0.2) is 40.6 Å². The number of aromatic nitrogens is 1. The maximum atomic E-state index is 12.1. The van der Waals surface area contributed by atoms with Crippen molar-refractivity contribution in [1.82, 2.24) is 9.88 Å². The van der Waals surface area contributed by atoms with E-state index in [1.54, 1.807) is 11.3 Å². The van der Waals surface area contributed by atoms with Gasteiger partial charge < -0.3 is 10.4 Å². The molecule has 3 aromatic rings. The van der Waals surface area contributed by atoms with Crippen LogP contribution in [0.2, 0.25) is 0 Å². The molecule has 1 aliphatic heterocycles. The van der Waals surface area contributed by atoms with E-state index in [1.165, 1.54) is 43.2 Å². The Bertz CT molecular complexity index is 1240. The quantitative estimate of drug-likeness (QED) is 0.227. The summed E-state index contributed by atoms with van der Waals surface area (Å²) in [4.78, 5) is 19.4. The standard InChI is InChI=1S/C35H47N3O2S/c1-26(2)16-18-35(34(39)40)19-22-38(23-20-35)24-33-37-32(25-41-33)30-12-14-31(15-13-30)36-21-17-27-8-10-29(11-9-27)28-6-4-3-5-7-28/h8-15,25-26,28,36H,3-7,16-24H2,1-2H3,(H,39,40). The van der Waals surface area contributed by atoms with E-state index in [1.807, 2.05) is 0 Å². The van der Waals surface area contributed by atoms with Crippen molar-refractivity contribution in [3.8, 4) is 11.3 Å². The molecule has 2 fully saturated rings. The molecule has 0 bridgehead atoms. The highest BCUT2D eigenvalue weighted by atomic mass is 32.1. The summed E-state index contributed by atoms with van der Waals surface area (Å²) < 4.78 is 0. The summed E-state index contributed by atoms with van der Waals surface area (Å²) in [6.45, 7) is 7.71. The van der Waals surface area contributed by atoms with Gasteiger partial charge in [-0.25, -0.2) is 4.98 Å². The van der Waals surface area contributed by atoms with E-state index < -0.39 is 11.4 Å². The molecule has 0 spiro atoms. The van der Waals surface area contributed by atoms with Crippen LogP contribution in [-0.2, 0) is 17.8 Å². The molecule has 0 atom stereocenters. The van der Waals surface area contributed by atoms with Gasteiger partial charge in [-0.05, 0) is 93.1 Å². The van der Waals surface area contributed by atoms with Crippen LogP contribution in [0.15, 0.2) is 53.9 Å². The Kier molecular flexibility index (Phi) is 10.2. The van der Waals surface area contributed by atoms with Gasteiger partial charge in [0.25, 0.3) is 0 Å². The van der Waals surface area contributed by atoms with Crippen molar-refractivity contribution < 1.29 is 9.90 Å². The zero-order valence-corrected chi connectivity index (χ0v) is 25.7. The molecule has 5 rings (SSSR count). The molecule has 220 valence electrons. The molecule has 0 unspecified atom stereocenters. The maximum absolute atomic E-state index is 12.1. The second-order valence-electron chi connectivity index (χ2n) is 12.8. The van der Waals surface area contributed by atoms with Crippen LogP contribution >= 0.6 is 11.3 Å². The van der Waals surface area contributed by atoms with Crippen LogP contribution in [0, 0.1) is 11.3 Å². The van der Waals surface area contributed by atoms with Crippen molar-refractivity contribution >= 4 is 23.0 Å². The molecule has 0 radical (unpaired) electrons. The lowest BCUT2D eigenvalue weighted by Crippen LogP contribution is -2.44. The summed E-state index contributed by atoms with van der Waals surface area (Å²) in [6, 6.07) is 17.9. The molecule has 1 saturated carbocycles. The van der Waals surface area contributed by atoms with E-state index in [0.717, 1.165) is 86.2 Å². The van der Waals surface area contributed by atoms with Gasteiger partial charge in [0.05, 0.1) is 17.7 Å². The van der Waals surface area contributed by atoms with Crippen LogP contribution in [0.4, 0.5) is 5.69 Å². The minimum absolute atomic E-state index is 0.538. The molecule has 2 aromatic carbocycles. The van der Waals surface area contributed by atoms with E-state index in [-0.39, 0.29) is 0 Å². The lowest BCUT2D eigenvalue weighted by Gasteiger charge is -2.39. The lowest BCUT2D eigenvalue weighted by molar-refractivity contribution is -0.153. The van der Waals surface area contributed by atoms with Crippen LogP contribution < -0.4 is 5.32 Å². The summed E-state index contributed by atoms with van der Waals surface area (Å²) in [6.07, 6.45) is 11.1. The number of rotatable bonds is 12. The van der Waals surface area contributed by atoms with Crippen LogP contribution in [0.5, 0.6) is 0 Å². The highest BCUT2D eigenvalue weighted by Gasteiger charge is 2.41. The fraction of sp³-hybridized carbons (Fsp3) is 0.543. The number of thiazole rings is 1. The maximum Gasteiger partial charge on any atom is 0.309 e. The van der Waals surface area contributed by atoms with E-state index in [0.29, 0.717) is 5.92 Å². The lowest BCUT2D eigenvalue weighted by atomic mass is 9.74. The highest BCUT2D eigenvalue weighted by Crippen LogP contribution is 2.38. The summed E-state index contributed by atoms with van der Waals surface area (Å²) in [5.41, 5.74) is 5.65. The summed E-state index contributed by atoms with van der Waals surface area (Å²) in [5, 5.41) is 16.8. The number of nitrogens with one attached hydrogen (secondary N) is 1. The molecule has 5 nitrogen and oxygen atoms in total. The summed E-state index contributed by atoms with van der Waals surface area (Å²) >= 11 is 1.70. The first-order valence-corrected chi connectivity index (χ1v) is 16.6. The van der Waals surface area contributed by atoms with Gasteiger partial charge in [0.2, 0.25) is 0 Å². The van der Waals surface area contributed by atoms with Crippen molar-refractivity contribution in [2.45, 2.75) is 90.5 Å². The van der Waals surface area contributed by atoms with Crippen LogP contribution in [0.25, 0.3) is 11.3 Å². The third-order valence-corrected chi connectivity index (χ3v) is 10.2. The van der Waals surface area contributed by atoms with Gasteiger partial charge in [-0.2, -0.15) is 0 Å². The second kappa shape index (κ2) is 14.0. The zero-order chi connectivity index (χ0) is 28.7. The third kappa shape index (κ3) is 7.98. The number of piperidine rings is 1. The number of hydrogen-bond acceptors (Lipinski definition) is 5. The van der Waals surface area contributed by atoms with E-state index >= 15 is 0 Å². The predicted molar refractivity (Wildman–Crippen MR) is 171 cm³/mol. The van der Waals surface area contributed by atoms with E-state index in [2.05, 4.69) is 78.0 Å². The minimum Gasteiger partial charge on any atom is -0.481 e.